The molecule has 2 N–H and O–H groups in total. The van der Waals surface area contributed by atoms with Gasteiger partial charge in [0.25, 0.3) is 11.8 Å². The molecule has 3 heterocycles. The number of carbonyl (C=O) groups excluding carboxylic acids is 2. The number of aromatic hydroxyl groups is 1. The molecule has 4 rings (SSSR count). The highest BCUT2D eigenvalue weighted by molar-refractivity contribution is 6.30. The van der Waals surface area contributed by atoms with Gasteiger partial charge in [0.15, 0.2) is 11.4 Å². The van der Waals surface area contributed by atoms with Gasteiger partial charge in [0.2, 0.25) is 5.43 Å². The first-order valence-electron chi connectivity index (χ1n) is 10.3. The van der Waals surface area contributed by atoms with E-state index < -0.39 is 34.3 Å². The molecular formula is C22H23ClFN3O6. The van der Waals surface area contributed by atoms with Gasteiger partial charge in [0, 0.05) is 39.5 Å². The van der Waals surface area contributed by atoms with Gasteiger partial charge in [0.1, 0.15) is 11.4 Å². The number of nitrogens with zero attached hydrogens (tertiary/aromatic N) is 2. The van der Waals surface area contributed by atoms with Gasteiger partial charge in [-0.05, 0) is 24.1 Å². The highest BCUT2D eigenvalue weighted by Crippen LogP contribution is 2.35. The maximum atomic E-state index is 13.3. The van der Waals surface area contributed by atoms with Crippen molar-refractivity contribution in [3.8, 4) is 5.75 Å². The highest BCUT2D eigenvalue weighted by atomic mass is 35.5. The summed E-state index contributed by atoms with van der Waals surface area (Å²) in [4.78, 5) is 40.3. The minimum atomic E-state index is -0.949. The summed E-state index contributed by atoms with van der Waals surface area (Å²) >= 11 is 5.76. The number of aromatic nitrogens is 1. The third kappa shape index (κ3) is 4.21. The van der Waals surface area contributed by atoms with Crippen LogP contribution < -0.4 is 10.7 Å². The molecule has 1 atom stereocenters. The number of ether oxygens (including phenoxy) is 2. The zero-order valence-corrected chi connectivity index (χ0v) is 18.7. The SMILES string of the molecule is COCCN1C(=O)c2c(O)c(=O)c(C(=O)NCc3ccc(F)c(Cl)c3)cn2CC12CCOC2. The molecule has 0 aliphatic carbocycles. The summed E-state index contributed by atoms with van der Waals surface area (Å²) in [6, 6.07) is 3.99. The Morgan fingerprint density at radius 3 is 2.85 bits per heavy atom. The van der Waals surface area contributed by atoms with Crippen molar-refractivity contribution < 1.29 is 28.6 Å². The van der Waals surface area contributed by atoms with E-state index in [0.29, 0.717) is 25.2 Å². The van der Waals surface area contributed by atoms with Crippen molar-refractivity contribution in [3.05, 3.63) is 62.3 Å². The summed E-state index contributed by atoms with van der Waals surface area (Å²) in [7, 11) is 1.52. The first-order chi connectivity index (χ1) is 15.8. The first-order valence-corrected chi connectivity index (χ1v) is 10.7. The number of hydrogen-bond donors (Lipinski definition) is 2. The van der Waals surface area contributed by atoms with Crippen molar-refractivity contribution in [1.82, 2.24) is 14.8 Å². The fourth-order valence-electron chi connectivity index (χ4n) is 4.29. The van der Waals surface area contributed by atoms with Crippen molar-refractivity contribution in [2.24, 2.45) is 0 Å². The first kappa shape index (κ1) is 23.2. The van der Waals surface area contributed by atoms with Gasteiger partial charge in [-0.2, -0.15) is 0 Å². The molecule has 2 amide bonds. The smallest absolute Gasteiger partial charge is 0.275 e. The van der Waals surface area contributed by atoms with Crippen molar-refractivity contribution in [2.45, 2.75) is 25.0 Å². The Morgan fingerprint density at radius 1 is 1.39 bits per heavy atom. The van der Waals surface area contributed by atoms with Crippen LogP contribution in [0.1, 0.15) is 32.8 Å². The van der Waals surface area contributed by atoms with E-state index in [9.17, 15) is 23.9 Å². The van der Waals surface area contributed by atoms with Gasteiger partial charge < -0.3 is 29.4 Å². The number of methoxy groups -OCH3 is 1. The van der Waals surface area contributed by atoms with Gasteiger partial charge in [0.05, 0.1) is 23.8 Å². The van der Waals surface area contributed by atoms with Gasteiger partial charge in [-0.3, -0.25) is 14.4 Å². The Bertz CT molecular complexity index is 1160. The molecule has 0 bridgehead atoms. The van der Waals surface area contributed by atoms with Crippen LogP contribution in [-0.2, 0) is 22.6 Å². The Hall–Kier alpha value is -2.95. The summed E-state index contributed by atoms with van der Waals surface area (Å²) in [5.41, 5.74) is -1.56. The molecule has 11 heteroatoms. The van der Waals surface area contributed by atoms with Crippen LogP contribution in [0.4, 0.5) is 4.39 Å². The maximum Gasteiger partial charge on any atom is 0.275 e. The quantitative estimate of drug-likeness (QED) is 0.650. The average Bonchev–Trinajstić information content (AvgIpc) is 3.25. The normalized spacial score (nSPS) is 19.7. The number of rotatable bonds is 6. The van der Waals surface area contributed by atoms with E-state index in [4.69, 9.17) is 21.1 Å². The van der Waals surface area contributed by atoms with E-state index in [1.807, 2.05) is 0 Å². The minimum absolute atomic E-state index is 0.0116. The predicted molar refractivity (Wildman–Crippen MR) is 116 cm³/mol. The lowest BCUT2D eigenvalue weighted by atomic mass is 9.92. The highest BCUT2D eigenvalue weighted by Gasteiger charge is 2.48. The second-order valence-electron chi connectivity index (χ2n) is 8.10. The summed E-state index contributed by atoms with van der Waals surface area (Å²) in [6.45, 7) is 1.55. The Labute approximate surface area is 193 Å². The van der Waals surface area contributed by atoms with E-state index >= 15 is 0 Å². The maximum absolute atomic E-state index is 13.3. The molecule has 1 aromatic carbocycles. The zero-order chi connectivity index (χ0) is 23.8. The van der Waals surface area contributed by atoms with Crippen molar-refractivity contribution in [3.63, 3.8) is 0 Å². The molecule has 1 unspecified atom stereocenters. The van der Waals surface area contributed by atoms with Crippen LogP contribution in [0.5, 0.6) is 5.75 Å². The third-order valence-electron chi connectivity index (χ3n) is 6.02. The molecule has 2 aliphatic heterocycles. The molecule has 1 saturated heterocycles. The average molecular weight is 480 g/mol. The number of carbonyl (C=O) groups is 2. The van der Waals surface area contributed by atoms with Crippen LogP contribution in [0.25, 0.3) is 0 Å². The summed E-state index contributed by atoms with van der Waals surface area (Å²) in [5, 5.41) is 13.1. The number of nitrogens with one attached hydrogen (secondary N) is 1. The number of pyridine rings is 1. The van der Waals surface area contributed by atoms with Crippen LogP contribution in [-0.4, -0.2) is 65.4 Å². The van der Waals surface area contributed by atoms with Gasteiger partial charge in [-0.25, -0.2) is 4.39 Å². The van der Waals surface area contributed by atoms with E-state index in [2.05, 4.69) is 5.32 Å². The fourth-order valence-corrected chi connectivity index (χ4v) is 4.49. The zero-order valence-electron chi connectivity index (χ0n) is 17.9. The third-order valence-corrected chi connectivity index (χ3v) is 6.31. The Kier molecular flexibility index (Phi) is 6.42. The minimum Gasteiger partial charge on any atom is -0.503 e. The van der Waals surface area contributed by atoms with E-state index in [1.54, 1.807) is 4.90 Å². The fraction of sp³-hybridized carbons (Fsp3) is 0.409. The molecule has 1 aromatic heterocycles. The van der Waals surface area contributed by atoms with Crippen molar-refractivity contribution in [1.29, 1.82) is 0 Å². The molecule has 2 aliphatic rings. The largest absolute Gasteiger partial charge is 0.503 e. The standard InChI is InChI=1S/C22H23ClFN3O6/c1-32-7-5-27-21(31)17-19(29)18(28)14(10-26(17)11-22(27)4-6-33-12-22)20(30)25-9-13-2-3-16(24)15(23)8-13/h2-3,8,10,29H,4-7,9,11-12H2,1H3,(H,25,30). The van der Waals surface area contributed by atoms with Crippen LogP contribution in [0.3, 0.4) is 0 Å². The van der Waals surface area contributed by atoms with E-state index in [1.165, 1.54) is 36.1 Å². The number of benzene rings is 1. The second kappa shape index (κ2) is 9.12. The van der Waals surface area contributed by atoms with Crippen LogP contribution in [0.2, 0.25) is 5.02 Å². The monoisotopic (exact) mass is 479 g/mol. The number of halogens is 2. The lowest BCUT2D eigenvalue weighted by Gasteiger charge is -2.45. The molecule has 2 aromatic rings. The number of amides is 2. The molecule has 9 nitrogen and oxygen atoms in total. The lowest BCUT2D eigenvalue weighted by Crippen LogP contribution is -2.60. The van der Waals surface area contributed by atoms with Crippen LogP contribution in [0, 0.1) is 5.82 Å². The molecule has 0 saturated carbocycles. The van der Waals surface area contributed by atoms with Gasteiger partial charge in [-0.1, -0.05) is 17.7 Å². The molecule has 1 fully saturated rings. The topological polar surface area (TPSA) is 110 Å². The van der Waals surface area contributed by atoms with Crippen LogP contribution >= 0.6 is 11.6 Å². The molecule has 33 heavy (non-hydrogen) atoms. The molecular weight excluding hydrogens is 457 g/mol. The Morgan fingerprint density at radius 2 is 2.18 bits per heavy atom. The van der Waals surface area contributed by atoms with Gasteiger partial charge >= 0.3 is 0 Å². The summed E-state index contributed by atoms with van der Waals surface area (Å²) < 4.78 is 25.5. The van der Waals surface area contributed by atoms with Crippen molar-refractivity contribution >= 4 is 23.4 Å². The molecule has 176 valence electrons. The molecule has 0 radical (unpaired) electrons. The predicted octanol–water partition coefficient (Wildman–Crippen LogP) is 1.54. The summed E-state index contributed by atoms with van der Waals surface area (Å²) in [5.74, 6) is -2.63. The van der Waals surface area contributed by atoms with E-state index in [0.717, 1.165) is 0 Å². The van der Waals surface area contributed by atoms with Gasteiger partial charge in [-0.15, -0.1) is 0 Å². The lowest BCUT2D eigenvalue weighted by molar-refractivity contribution is 0.0140. The van der Waals surface area contributed by atoms with E-state index in [-0.39, 0.29) is 42.5 Å². The second-order valence-corrected chi connectivity index (χ2v) is 8.51. The number of hydrogen-bond acceptors (Lipinski definition) is 6. The molecule has 1 spiro atoms. The van der Waals surface area contributed by atoms with Crippen molar-refractivity contribution in [2.75, 3.05) is 33.5 Å². The Balaban J connectivity index is 1.64. The summed E-state index contributed by atoms with van der Waals surface area (Å²) in [6.07, 6.45) is 1.86. The number of fused-ring (bicyclic) bond motifs is 1. The van der Waals surface area contributed by atoms with Crippen LogP contribution in [0.15, 0.2) is 29.2 Å².